The van der Waals surface area contributed by atoms with Gasteiger partial charge in [-0.05, 0) is 89.1 Å². The lowest BCUT2D eigenvalue weighted by atomic mass is 9.66. The predicted molar refractivity (Wildman–Crippen MR) is 156 cm³/mol. The highest BCUT2D eigenvalue weighted by Gasteiger charge is 2.39. The van der Waals surface area contributed by atoms with Gasteiger partial charge in [0.15, 0.2) is 0 Å². The third-order valence-corrected chi connectivity index (χ3v) is 10.4. The quantitative estimate of drug-likeness (QED) is 0.396. The van der Waals surface area contributed by atoms with E-state index in [0.717, 1.165) is 73.7 Å². The van der Waals surface area contributed by atoms with Crippen LogP contribution in [0.1, 0.15) is 72.1 Å². The van der Waals surface area contributed by atoms with Crippen LogP contribution >= 0.6 is 0 Å². The van der Waals surface area contributed by atoms with Crippen molar-refractivity contribution in [1.82, 2.24) is 4.58 Å². The molecule has 3 aromatic rings. The summed E-state index contributed by atoms with van der Waals surface area (Å²) in [5, 5.41) is 13.1. The highest BCUT2D eigenvalue weighted by molar-refractivity contribution is 7.85. The highest BCUT2D eigenvalue weighted by atomic mass is 32.2. The highest BCUT2D eigenvalue weighted by Crippen LogP contribution is 2.44. The van der Waals surface area contributed by atoms with Gasteiger partial charge in [-0.15, -0.1) is 0 Å². The summed E-state index contributed by atoms with van der Waals surface area (Å²) in [6.45, 7) is 8.47. The van der Waals surface area contributed by atoms with Gasteiger partial charge in [-0.2, -0.15) is 13.7 Å². The predicted octanol–water partition coefficient (Wildman–Crippen LogP) is 3.63. The minimum Gasteiger partial charge on any atom is -0.367 e. The van der Waals surface area contributed by atoms with Crippen LogP contribution in [0.25, 0.3) is 5.57 Å². The largest absolute Gasteiger partial charge is 0.367 e. The fraction of sp³-hybridized carbons (Fsp3) is 0.394. The SMILES string of the molecule is CC1(C)c2cc3c(cc2C(C#N)=c2cc4c5c(c21)CCC[N+]=5CCC4)CCCN3Cc1ccc(S(=O)(=O)O)cc1. The molecule has 4 aliphatic rings. The molecule has 0 unspecified atom stereocenters. The molecule has 0 saturated heterocycles. The third-order valence-electron chi connectivity index (χ3n) is 9.50. The molecule has 1 N–H and O–H groups in total. The first kappa shape index (κ1) is 25.5. The molecule has 0 fully saturated rings. The molecule has 0 aromatic heterocycles. The van der Waals surface area contributed by atoms with Gasteiger partial charge in [0.05, 0.1) is 10.5 Å². The van der Waals surface area contributed by atoms with Crippen molar-refractivity contribution in [3.8, 4) is 6.07 Å². The summed E-state index contributed by atoms with van der Waals surface area (Å²) in [5.74, 6) is 0. The van der Waals surface area contributed by atoms with Crippen LogP contribution in [0.5, 0.6) is 0 Å². The zero-order chi connectivity index (χ0) is 27.8. The second kappa shape index (κ2) is 9.02. The number of hydrogen-bond donors (Lipinski definition) is 1. The third kappa shape index (κ3) is 3.84. The molecular formula is C33H34N3O3S+. The Morgan fingerprint density at radius 3 is 2.45 bits per heavy atom. The molecule has 1 aliphatic carbocycles. The number of aryl methyl sites for hydroxylation is 2. The van der Waals surface area contributed by atoms with E-state index < -0.39 is 10.1 Å². The van der Waals surface area contributed by atoms with Gasteiger partial charge in [0.25, 0.3) is 10.1 Å². The Kier molecular flexibility index (Phi) is 5.75. The number of rotatable bonds is 3. The van der Waals surface area contributed by atoms with Crippen LogP contribution < -0.4 is 20.1 Å². The second-order valence-corrected chi connectivity index (χ2v) is 13.7. The molecule has 7 rings (SSSR count). The molecule has 3 aromatic carbocycles. The Morgan fingerprint density at radius 1 is 1.00 bits per heavy atom. The molecule has 3 heterocycles. The number of benzene rings is 3. The van der Waals surface area contributed by atoms with Gasteiger partial charge < -0.3 is 4.90 Å². The summed E-state index contributed by atoms with van der Waals surface area (Å²) < 4.78 is 34.9. The van der Waals surface area contributed by atoms with Crippen LogP contribution in [0.2, 0.25) is 0 Å². The van der Waals surface area contributed by atoms with Crippen LogP contribution in [0.4, 0.5) is 5.69 Å². The molecule has 204 valence electrons. The van der Waals surface area contributed by atoms with Crippen LogP contribution in [0.15, 0.2) is 47.4 Å². The van der Waals surface area contributed by atoms with Gasteiger partial charge >= 0.3 is 0 Å². The average molecular weight is 553 g/mol. The van der Waals surface area contributed by atoms with Crippen LogP contribution in [-0.4, -0.2) is 32.6 Å². The zero-order valence-electron chi connectivity index (χ0n) is 23.1. The molecule has 0 amide bonds. The molecule has 0 saturated carbocycles. The van der Waals surface area contributed by atoms with Crippen LogP contribution in [0, 0.1) is 11.3 Å². The number of nitrogens with zero attached hydrogens (tertiary/aromatic N) is 3. The van der Waals surface area contributed by atoms with Crippen molar-refractivity contribution in [2.45, 2.75) is 69.2 Å². The summed E-state index contributed by atoms with van der Waals surface area (Å²) in [6, 6.07) is 16.1. The number of nitriles is 1. The van der Waals surface area contributed by atoms with E-state index in [0.29, 0.717) is 6.54 Å². The molecule has 40 heavy (non-hydrogen) atoms. The first-order valence-corrected chi connectivity index (χ1v) is 15.8. The normalized spacial score (nSPS) is 18.8. The monoisotopic (exact) mass is 552 g/mol. The van der Waals surface area contributed by atoms with E-state index in [4.69, 9.17) is 0 Å². The minimum absolute atomic E-state index is 0.0888. The van der Waals surface area contributed by atoms with E-state index in [-0.39, 0.29) is 10.3 Å². The smallest absolute Gasteiger partial charge is 0.294 e. The van der Waals surface area contributed by atoms with Gasteiger partial charge in [-0.3, -0.25) is 4.55 Å². The maximum atomic E-state index is 11.5. The van der Waals surface area contributed by atoms with E-state index in [2.05, 4.69) is 47.6 Å². The Hall–Kier alpha value is -3.47. The van der Waals surface area contributed by atoms with Crippen molar-refractivity contribution in [2.24, 2.45) is 0 Å². The van der Waals surface area contributed by atoms with E-state index in [9.17, 15) is 18.2 Å². The summed E-state index contributed by atoms with van der Waals surface area (Å²) in [6.07, 6.45) is 6.47. The summed E-state index contributed by atoms with van der Waals surface area (Å²) >= 11 is 0. The second-order valence-electron chi connectivity index (χ2n) is 12.3. The average Bonchev–Trinajstić information content (AvgIpc) is 2.93. The van der Waals surface area contributed by atoms with E-state index in [1.807, 2.05) is 0 Å². The topological polar surface area (TPSA) is 84.4 Å². The van der Waals surface area contributed by atoms with Gasteiger partial charge in [-0.25, -0.2) is 4.58 Å². The van der Waals surface area contributed by atoms with Crippen molar-refractivity contribution in [2.75, 3.05) is 24.5 Å². The van der Waals surface area contributed by atoms with Crippen molar-refractivity contribution < 1.29 is 13.0 Å². The zero-order valence-corrected chi connectivity index (χ0v) is 23.9. The number of hydrogen-bond acceptors (Lipinski definition) is 4. The Morgan fingerprint density at radius 2 is 1.73 bits per heavy atom. The first-order valence-electron chi connectivity index (χ1n) is 14.4. The van der Waals surface area contributed by atoms with Crippen molar-refractivity contribution >= 4 is 21.4 Å². The van der Waals surface area contributed by atoms with Gasteiger partial charge in [0.1, 0.15) is 19.2 Å². The molecule has 0 spiro atoms. The Balaban J connectivity index is 1.39. The standard InChI is InChI=1S/C33H33N3O3S/c1-33(2)29-18-30-22(6-3-15-36(30)20-21-9-11-24(12-10-21)40(37,38)39)16-26(29)28(19-34)27-17-23-7-4-13-35-14-5-8-25(31(27)33)32(23)35/h9-12,16-18H,3-8,13-15,20H2,1-2H3/p+1. The van der Waals surface area contributed by atoms with E-state index >= 15 is 0 Å². The van der Waals surface area contributed by atoms with E-state index in [1.165, 1.54) is 57.4 Å². The van der Waals surface area contributed by atoms with Gasteiger partial charge in [-0.1, -0.05) is 26.0 Å². The first-order chi connectivity index (χ1) is 19.2. The Bertz CT molecular complexity index is 1860. The molecule has 7 heteroatoms. The molecule has 0 bridgehead atoms. The molecule has 0 atom stereocenters. The summed E-state index contributed by atoms with van der Waals surface area (Å²) in [5.41, 5.74) is 10.5. The molecule has 0 radical (unpaired) electrons. The van der Waals surface area contributed by atoms with Gasteiger partial charge in [0.2, 0.25) is 5.36 Å². The lowest BCUT2D eigenvalue weighted by molar-refractivity contribution is 0.472. The lowest BCUT2D eigenvalue weighted by Gasteiger charge is -2.39. The fourth-order valence-corrected chi connectivity index (χ4v) is 8.24. The fourth-order valence-electron chi connectivity index (χ4n) is 7.76. The van der Waals surface area contributed by atoms with E-state index in [1.54, 1.807) is 12.1 Å². The van der Waals surface area contributed by atoms with Crippen LogP contribution in [-0.2, 0) is 41.3 Å². The van der Waals surface area contributed by atoms with Crippen molar-refractivity contribution in [1.29, 1.82) is 5.26 Å². The van der Waals surface area contributed by atoms with Crippen molar-refractivity contribution in [3.05, 3.63) is 92.0 Å². The summed E-state index contributed by atoms with van der Waals surface area (Å²) in [4.78, 5) is 2.28. The number of anilines is 1. The Labute approximate surface area is 235 Å². The molecule has 6 nitrogen and oxygen atoms in total. The minimum atomic E-state index is -4.21. The maximum Gasteiger partial charge on any atom is 0.294 e. The molecule has 3 aliphatic heterocycles. The lowest BCUT2D eigenvalue weighted by Crippen LogP contribution is -2.48. The number of fused-ring (bicyclic) bond motifs is 4. The maximum absolute atomic E-state index is 11.5. The van der Waals surface area contributed by atoms with Crippen LogP contribution in [0.3, 0.4) is 0 Å². The summed E-state index contributed by atoms with van der Waals surface area (Å²) in [7, 11) is -4.21. The van der Waals surface area contributed by atoms with Crippen molar-refractivity contribution in [3.63, 3.8) is 0 Å². The van der Waals surface area contributed by atoms with Gasteiger partial charge in [0, 0.05) is 48.2 Å². The molecular weight excluding hydrogens is 518 g/mol.